The number of hydrogen-bond acceptors (Lipinski definition) is 3. The molecule has 0 saturated carbocycles. The molecule has 0 aromatic heterocycles. The van der Waals surface area contributed by atoms with Crippen molar-refractivity contribution in [2.75, 3.05) is 13.2 Å². The molecule has 4 heteroatoms. The highest BCUT2D eigenvalue weighted by molar-refractivity contribution is 5.73. The van der Waals surface area contributed by atoms with Gasteiger partial charge in [-0.05, 0) is 6.92 Å². The Hall–Kier alpha value is -0.610. The van der Waals surface area contributed by atoms with Crippen LogP contribution in [0.25, 0.3) is 0 Å². The fourth-order valence-corrected chi connectivity index (χ4v) is 1.05. The van der Waals surface area contributed by atoms with E-state index in [2.05, 4.69) is 5.32 Å². The molecule has 1 rings (SSSR count). The van der Waals surface area contributed by atoms with E-state index in [1.165, 1.54) is 6.92 Å². The summed E-state index contributed by atoms with van der Waals surface area (Å²) < 4.78 is 10.4. The van der Waals surface area contributed by atoms with Crippen LogP contribution in [-0.2, 0) is 14.3 Å². The van der Waals surface area contributed by atoms with Crippen molar-refractivity contribution in [3.05, 3.63) is 0 Å². The molecule has 0 aromatic rings. The Morgan fingerprint density at radius 2 is 2.09 bits per heavy atom. The van der Waals surface area contributed by atoms with Gasteiger partial charge in [-0.2, -0.15) is 0 Å². The first-order valence-electron chi connectivity index (χ1n) is 3.70. The van der Waals surface area contributed by atoms with E-state index in [4.69, 9.17) is 9.47 Å². The molecule has 1 fully saturated rings. The highest BCUT2D eigenvalue weighted by atomic mass is 16.7. The zero-order chi connectivity index (χ0) is 8.27. The molecule has 1 aliphatic heterocycles. The average Bonchev–Trinajstić information content (AvgIpc) is 2.35. The second-order valence-electron chi connectivity index (χ2n) is 2.60. The molecule has 11 heavy (non-hydrogen) atoms. The zero-order valence-corrected chi connectivity index (χ0v) is 6.79. The summed E-state index contributed by atoms with van der Waals surface area (Å²) in [5.41, 5.74) is 0. The van der Waals surface area contributed by atoms with Crippen LogP contribution in [0, 0.1) is 0 Å². The molecule has 64 valence electrons. The first-order valence-corrected chi connectivity index (χ1v) is 3.70. The van der Waals surface area contributed by atoms with Crippen LogP contribution in [0.5, 0.6) is 0 Å². The van der Waals surface area contributed by atoms with Crippen molar-refractivity contribution in [3.8, 4) is 0 Å². The first-order chi connectivity index (χ1) is 5.20. The van der Waals surface area contributed by atoms with Crippen LogP contribution >= 0.6 is 0 Å². The third-order valence-corrected chi connectivity index (χ3v) is 1.49. The molecule has 1 amide bonds. The van der Waals surface area contributed by atoms with Crippen molar-refractivity contribution in [2.45, 2.75) is 26.2 Å². The number of amides is 1. The van der Waals surface area contributed by atoms with Crippen molar-refractivity contribution in [2.24, 2.45) is 0 Å². The summed E-state index contributed by atoms with van der Waals surface area (Å²) in [6, 6.07) is -0.0602. The molecule has 0 bridgehead atoms. The van der Waals surface area contributed by atoms with Gasteiger partial charge in [0.15, 0.2) is 6.29 Å². The minimum atomic E-state index is -0.265. The fraction of sp³-hybridized carbons (Fsp3) is 0.857. The second-order valence-corrected chi connectivity index (χ2v) is 2.60. The van der Waals surface area contributed by atoms with Gasteiger partial charge in [0.1, 0.15) is 0 Å². The Balaban J connectivity index is 2.28. The van der Waals surface area contributed by atoms with Gasteiger partial charge in [0.05, 0.1) is 19.3 Å². The maximum absolute atomic E-state index is 10.6. The molecule has 0 aromatic carbocycles. The van der Waals surface area contributed by atoms with E-state index in [0.717, 1.165) is 0 Å². The molecule has 4 nitrogen and oxygen atoms in total. The highest BCUT2D eigenvalue weighted by Crippen LogP contribution is 2.07. The lowest BCUT2D eigenvalue weighted by Gasteiger charge is -2.17. The normalized spacial score (nSPS) is 21.6. The minimum absolute atomic E-state index is 0.0587. The lowest BCUT2D eigenvalue weighted by molar-refractivity contribution is -0.123. The molecular weight excluding hydrogens is 146 g/mol. The molecule has 1 saturated heterocycles. The lowest BCUT2D eigenvalue weighted by atomic mass is 10.3. The summed E-state index contributed by atoms with van der Waals surface area (Å²) in [6.45, 7) is 4.58. The molecule has 1 N–H and O–H groups in total. The second kappa shape index (κ2) is 3.69. The maximum atomic E-state index is 10.6. The van der Waals surface area contributed by atoms with Crippen molar-refractivity contribution in [1.29, 1.82) is 0 Å². The van der Waals surface area contributed by atoms with E-state index < -0.39 is 0 Å². The Bertz CT molecular complexity index is 143. The summed E-state index contributed by atoms with van der Waals surface area (Å²) in [5, 5.41) is 2.70. The third-order valence-electron chi connectivity index (χ3n) is 1.49. The molecule has 1 aliphatic rings. The van der Waals surface area contributed by atoms with E-state index in [9.17, 15) is 4.79 Å². The Morgan fingerprint density at radius 3 is 2.55 bits per heavy atom. The van der Waals surface area contributed by atoms with Gasteiger partial charge in [-0.3, -0.25) is 4.79 Å². The van der Waals surface area contributed by atoms with Gasteiger partial charge >= 0.3 is 0 Å². The van der Waals surface area contributed by atoms with E-state index in [-0.39, 0.29) is 18.2 Å². The van der Waals surface area contributed by atoms with Crippen molar-refractivity contribution >= 4 is 5.91 Å². The van der Waals surface area contributed by atoms with E-state index >= 15 is 0 Å². The number of carbonyl (C=O) groups is 1. The summed E-state index contributed by atoms with van der Waals surface area (Å²) in [6.07, 6.45) is -0.265. The highest BCUT2D eigenvalue weighted by Gasteiger charge is 2.23. The third kappa shape index (κ3) is 2.48. The summed E-state index contributed by atoms with van der Waals surface area (Å²) in [5.74, 6) is -0.0587. The Kier molecular flexibility index (Phi) is 2.84. The predicted octanol–water partition coefficient (Wildman–Crippen LogP) is -0.116. The van der Waals surface area contributed by atoms with Crippen LogP contribution < -0.4 is 5.32 Å². The van der Waals surface area contributed by atoms with Gasteiger partial charge in [-0.15, -0.1) is 0 Å². The SMILES string of the molecule is CC(=O)N[C@@H](C)C1OCCO1. The Labute approximate surface area is 65.9 Å². The molecule has 1 atom stereocenters. The van der Waals surface area contributed by atoms with Crippen LogP contribution in [0.15, 0.2) is 0 Å². The van der Waals surface area contributed by atoms with Crippen LogP contribution in [-0.4, -0.2) is 31.5 Å². The monoisotopic (exact) mass is 159 g/mol. The van der Waals surface area contributed by atoms with Crippen molar-refractivity contribution in [1.82, 2.24) is 5.32 Å². The molecule has 0 unspecified atom stereocenters. The quantitative estimate of drug-likeness (QED) is 0.611. The number of carbonyl (C=O) groups excluding carboxylic acids is 1. The molecule has 0 aliphatic carbocycles. The van der Waals surface area contributed by atoms with E-state index in [1.54, 1.807) is 0 Å². The fourth-order valence-electron chi connectivity index (χ4n) is 1.05. The van der Waals surface area contributed by atoms with Crippen LogP contribution in [0.4, 0.5) is 0 Å². The summed E-state index contributed by atoms with van der Waals surface area (Å²) in [7, 11) is 0. The largest absolute Gasteiger partial charge is 0.349 e. The van der Waals surface area contributed by atoms with Gasteiger partial charge in [-0.25, -0.2) is 0 Å². The van der Waals surface area contributed by atoms with Gasteiger partial charge < -0.3 is 14.8 Å². The zero-order valence-electron chi connectivity index (χ0n) is 6.79. The van der Waals surface area contributed by atoms with Gasteiger partial charge in [0, 0.05) is 6.92 Å². The number of rotatable bonds is 2. The summed E-state index contributed by atoms with van der Waals surface area (Å²) >= 11 is 0. The number of hydrogen-bond donors (Lipinski definition) is 1. The molecule has 1 heterocycles. The van der Waals surface area contributed by atoms with Crippen LogP contribution in [0.2, 0.25) is 0 Å². The minimum Gasteiger partial charge on any atom is -0.349 e. The predicted molar refractivity (Wildman–Crippen MR) is 39.0 cm³/mol. The number of ether oxygens (including phenoxy) is 2. The maximum Gasteiger partial charge on any atom is 0.217 e. The molecule has 0 radical (unpaired) electrons. The molecular formula is C7H13NO3. The van der Waals surface area contributed by atoms with Crippen LogP contribution in [0.1, 0.15) is 13.8 Å². The van der Waals surface area contributed by atoms with E-state index in [0.29, 0.717) is 13.2 Å². The average molecular weight is 159 g/mol. The van der Waals surface area contributed by atoms with Crippen molar-refractivity contribution in [3.63, 3.8) is 0 Å². The van der Waals surface area contributed by atoms with Gasteiger partial charge in [0.2, 0.25) is 5.91 Å². The standard InChI is InChI=1S/C7H13NO3/c1-5(8-6(2)9)7-10-3-4-11-7/h5,7H,3-4H2,1-2H3,(H,8,9)/t5-/m0/s1. The van der Waals surface area contributed by atoms with Gasteiger partial charge in [-0.1, -0.05) is 0 Å². The summed E-state index contributed by atoms with van der Waals surface area (Å²) in [4.78, 5) is 10.6. The lowest BCUT2D eigenvalue weighted by Crippen LogP contribution is -2.40. The smallest absolute Gasteiger partial charge is 0.217 e. The number of nitrogens with one attached hydrogen (secondary N) is 1. The van der Waals surface area contributed by atoms with E-state index in [1.807, 2.05) is 6.92 Å². The van der Waals surface area contributed by atoms with Crippen LogP contribution in [0.3, 0.4) is 0 Å². The first kappa shape index (κ1) is 8.49. The van der Waals surface area contributed by atoms with Gasteiger partial charge in [0.25, 0.3) is 0 Å². The van der Waals surface area contributed by atoms with Crippen molar-refractivity contribution < 1.29 is 14.3 Å². The molecule has 0 spiro atoms. The Morgan fingerprint density at radius 1 is 1.55 bits per heavy atom. The topological polar surface area (TPSA) is 47.6 Å².